The van der Waals surface area contributed by atoms with Crippen LogP contribution in [0.5, 0.6) is 0 Å². The highest BCUT2D eigenvalue weighted by molar-refractivity contribution is 7.10. The molecule has 0 radical (unpaired) electrons. The van der Waals surface area contributed by atoms with E-state index in [1.165, 1.54) is 24.1 Å². The van der Waals surface area contributed by atoms with Crippen LogP contribution in [0.4, 0.5) is 16.5 Å². The van der Waals surface area contributed by atoms with Crippen LogP contribution in [0.3, 0.4) is 0 Å². The van der Waals surface area contributed by atoms with E-state index in [1.807, 2.05) is 24.3 Å². The van der Waals surface area contributed by atoms with E-state index in [-0.39, 0.29) is 11.7 Å². The van der Waals surface area contributed by atoms with Crippen LogP contribution < -0.4 is 10.6 Å². The Labute approximate surface area is 178 Å². The van der Waals surface area contributed by atoms with Crippen LogP contribution in [0, 0.1) is 0 Å². The summed E-state index contributed by atoms with van der Waals surface area (Å²) in [6.45, 7) is 0. The lowest BCUT2D eigenvalue weighted by atomic mass is 10.2. The number of anilines is 3. The van der Waals surface area contributed by atoms with Crippen LogP contribution in [0.15, 0.2) is 59.6 Å². The second-order valence-corrected chi connectivity index (χ2v) is 7.34. The number of nitrogens with zero attached hydrogens (tertiary/aromatic N) is 4. The number of benzene rings is 2. The van der Waals surface area contributed by atoms with Gasteiger partial charge in [-0.05, 0) is 24.3 Å². The molecule has 0 aliphatic rings. The second kappa shape index (κ2) is 7.58. The maximum atomic E-state index is 12.1. The number of nitrogens with one attached hydrogen (secondary N) is 3. The van der Waals surface area contributed by atoms with Crippen molar-refractivity contribution < 1.29 is 9.21 Å². The van der Waals surface area contributed by atoms with Crippen molar-refractivity contribution in [3.63, 3.8) is 0 Å². The van der Waals surface area contributed by atoms with Gasteiger partial charge in [-0.3, -0.25) is 9.89 Å². The molecule has 0 saturated heterocycles. The van der Waals surface area contributed by atoms with Gasteiger partial charge in [0.2, 0.25) is 10.9 Å². The lowest BCUT2D eigenvalue weighted by molar-refractivity contribution is 0.0996. The van der Waals surface area contributed by atoms with Crippen LogP contribution in [-0.2, 0) is 0 Å². The topological polar surface area (TPSA) is 122 Å². The second-order valence-electron chi connectivity index (χ2n) is 6.21. The van der Waals surface area contributed by atoms with Gasteiger partial charge in [0.1, 0.15) is 0 Å². The molecule has 148 valence electrons. The maximum absolute atomic E-state index is 12.1. The summed E-state index contributed by atoms with van der Waals surface area (Å²) >= 11 is 7.66. The van der Waals surface area contributed by atoms with Gasteiger partial charge >= 0.3 is 0 Å². The number of fused-ring (bicyclic) bond motifs is 1. The number of aromatic nitrogens is 5. The standard InChI is InChI=1S/C19H12ClN7O2S/c20-16-12-7-22-26-13(12)4-5-14(16)24-19-25-17(27-30-19)10-2-1-3-11(6-10)23-18(28)15-8-21-9-29-15/h1-9H,(H,22,26)(H,23,28)(H,24,25,27). The van der Waals surface area contributed by atoms with Gasteiger partial charge < -0.3 is 15.1 Å². The number of H-pyrrole nitrogens is 1. The van der Waals surface area contributed by atoms with E-state index in [9.17, 15) is 4.79 Å². The van der Waals surface area contributed by atoms with Crippen molar-refractivity contribution in [1.82, 2.24) is 24.5 Å². The van der Waals surface area contributed by atoms with Gasteiger partial charge in [-0.15, -0.1) is 0 Å². The van der Waals surface area contributed by atoms with Gasteiger partial charge in [-0.25, -0.2) is 4.98 Å². The van der Waals surface area contributed by atoms with Gasteiger partial charge in [-0.1, -0.05) is 23.7 Å². The Morgan fingerprint density at radius 1 is 1.20 bits per heavy atom. The Hall–Kier alpha value is -3.76. The number of oxazole rings is 1. The van der Waals surface area contributed by atoms with Crippen molar-refractivity contribution in [3.05, 3.63) is 66.0 Å². The number of hydrogen-bond acceptors (Lipinski definition) is 8. The summed E-state index contributed by atoms with van der Waals surface area (Å²) in [5, 5.41) is 14.8. The Kier molecular flexibility index (Phi) is 4.62. The highest BCUT2D eigenvalue weighted by Gasteiger charge is 2.13. The lowest BCUT2D eigenvalue weighted by Crippen LogP contribution is -2.10. The highest BCUT2D eigenvalue weighted by Crippen LogP contribution is 2.33. The molecule has 11 heteroatoms. The third-order valence-corrected chi connectivity index (χ3v) is 5.30. The monoisotopic (exact) mass is 437 g/mol. The van der Waals surface area contributed by atoms with Crippen molar-refractivity contribution in [2.24, 2.45) is 0 Å². The zero-order valence-corrected chi connectivity index (χ0v) is 16.7. The van der Waals surface area contributed by atoms with Gasteiger partial charge in [0.15, 0.2) is 12.2 Å². The van der Waals surface area contributed by atoms with Crippen LogP contribution in [0.2, 0.25) is 5.02 Å². The number of carbonyl (C=O) groups is 1. The number of carbonyl (C=O) groups excluding carboxylic acids is 1. The molecule has 0 aliphatic heterocycles. The number of aromatic amines is 1. The predicted octanol–water partition coefficient (Wildman–Crippen LogP) is 4.72. The van der Waals surface area contributed by atoms with Crippen LogP contribution >= 0.6 is 23.1 Å². The predicted molar refractivity (Wildman–Crippen MR) is 114 cm³/mol. The van der Waals surface area contributed by atoms with Crippen LogP contribution in [-0.4, -0.2) is 30.4 Å². The molecular formula is C19H12ClN7O2S. The smallest absolute Gasteiger partial charge is 0.293 e. The molecule has 9 nitrogen and oxygen atoms in total. The molecule has 0 atom stereocenters. The van der Waals surface area contributed by atoms with Gasteiger partial charge in [0.05, 0.1) is 28.6 Å². The minimum Gasteiger partial charge on any atom is -0.438 e. The summed E-state index contributed by atoms with van der Waals surface area (Å²) in [5.74, 6) is 0.270. The van der Waals surface area contributed by atoms with E-state index in [2.05, 4.69) is 35.2 Å². The molecule has 3 aromatic heterocycles. The third kappa shape index (κ3) is 3.49. The molecule has 30 heavy (non-hydrogen) atoms. The Morgan fingerprint density at radius 3 is 3.00 bits per heavy atom. The van der Waals surface area contributed by atoms with E-state index < -0.39 is 0 Å². The summed E-state index contributed by atoms with van der Waals surface area (Å²) in [6.07, 6.45) is 4.23. The zero-order valence-electron chi connectivity index (χ0n) is 15.1. The first-order valence-electron chi connectivity index (χ1n) is 8.70. The molecule has 0 fully saturated rings. The highest BCUT2D eigenvalue weighted by atomic mass is 35.5. The van der Waals surface area contributed by atoms with Crippen molar-refractivity contribution >= 4 is 56.4 Å². The molecule has 5 aromatic rings. The molecule has 2 aromatic carbocycles. The molecule has 5 rings (SSSR count). The SMILES string of the molecule is O=C(Nc1cccc(-c2nsc(Nc3ccc4[nH]ncc4c3Cl)n2)c1)c1cnco1. The minimum atomic E-state index is -0.387. The molecule has 1 amide bonds. The average Bonchev–Trinajstić information content (AvgIpc) is 3.52. The fourth-order valence-electron chi connectivity index (χ4n) is 2.84. The number of amides is 1. The molecule has 0 unspecified atom stereocenters. The molecule has 3 heterocycles. The first-order chi connectivity index (χ1) is 14.7. The van der Waals surface area contributed by atoms with E-state index in [0.29, 0.717) is 27.4 Å². The summed E-state index contributed by atoms with van der Waals surface area (Å²) in [7, 11) is 0. The van der Waals surface area contributed by atoms with E-state index in [1.54, 1.807) is 18.3 Å². The largest absolute Gasteiger partial charge is 0.438 e. The summed E-state index contributed by atoms with van der Waals surface area (Å²) in [4.78, 5) is 20.4. The van der Waals surface area contributed by atoms with Crippen LogP contribution in [0.1, 0.15) is 10.6 Å². The lowest BCUT2D eigenvalue weighted by Gasteiger charge is -2.05. The van der Waals surface area contributed by atoms with E-state index >= 15 is 0 Å². The quantitative estimate of drug-likeness (QED) is 0.363. The number of halogens is 1. The molecule has 0 spiro atoms. The van der Waals surface area contributed by atoms with E-state index in [4.69, 9.17) is 16.0 Å². The van der Waals surface area contributed by atoms with Crippen molar-refractivity contribution in [3.8, 4) is 11.4 Å². The Bertz CT molecular complexity index is 1350. The summed E-state index contributed by atoms with van der Waals surface area (Å²) < 4.78 is 9.40. The molecular weight excluding hydrogens is 426 g/mol. The fraction of sp³-hybridized carbons (Fsp3) is 0. The fourth-order valence-corrected chi connectivity index (χ4v) is 3.71. The molecule has 3 N–H and O–H groups in total. The summed E-state index contributed by atoms with van der Waals surface area (Å²) in [5.41, 5.74) is 2.91. The van der Waals surface area contributed by atoms with Crippen molar-refractivity contribution in [2.75, 3.05) is 10.6 Å². The number of rotatable bonds is 5. The molecule has 0 bridgehead atoms. The van der Waals surface area contributed by atoms with Crippen molar-refractivity contribution in [2.45, 2.75) is 0 Å². The van der Waals surface area contributed by atoms with Gasteiger partial charge in [-0.2, -0.15) is 14.5 Å². The van der Waals surface area contributed by atoms with Gasteiger partial charge in [0.25, 0.3) is 5.91 Å². The minimum absolute atomic E-state index is 0.130. The zero-order chi connectivity index (χ0) is 20.5. The summed E-state index contributed by atoms with van der Waals surface area (Å²) in [6, 6.07) is 11.0. The van der Waals surface area contributed by atoms with E-state index in [0.717, 1.165) is 16.5 Å². The van der Waals surface area contributed by atoms with Crippen LogP contribution in [0.25, 0.3) is 22.3 Å². The first-order valence-corrected chi connectivity index (χ1v) is 9.85. The van der Waals surface area contributed by atoms with Gasteiger partial charge in [0, 0.05) is 28.2 Å². The maximum Gasteiger partial charge on any atom is 0.293 e. The normalized spacial score (nSPS) is 11.0. The number of hydrogen-bond donors (Lipinski definition) is 3. The Balaban J connectivity index is 1.36. The average molecular weight is 438 g/mol. The molecule has 0 saturated carbocycles. The Morgan fingerprint density at radius 2 is 2.13 bits per heavy atom. The third-order valence-electron chi connectivity index (χ3n) is 4.26. The first kappa shape index (κ1) is 18.3. The van der Waals surface area contributed by atoms with Crippen molar-refractivity contribution in [1.29, 1.82) is 0 Å². The molecule has 0 aliphatic carbocycles.